The van der Waals surface area contributed by atoms with Crippen LogP contribution in [0, 0.1) is 11.3 Å². The lowest BCUT2D eigenvalue weighted by atomic mass is 9.71. The number of allylic oxidation sites excluding steroid dienone is 2. The van der Waals surface area contributed by atoms with Crippen molar-refractivity contribution in [1.82, 2.24) is 5.32 Å². The minimum atomic E-state index is -1.09. The van der Waals surface area contributed by atoms with Crippen LogP contribution in [0.25, 0.3) is 0 Å². The molecule has 1 saturated heterocycles. The molecule has 1 fully saturated rings. The largest absolute Gasteiger partial charge is 0.493 e. The second-order valence-electron chi connectivity index (χ2n) is 5.72. The summed E-state index contributed by atoms with van der Waals surface area (Å²) in [6.07, 6.45) is 6.36. The molecule has 2 aliphatic rings. The standard InChI is InChI=1S/C18H19NO5/c1-11(24-15-13(22-2)8-6-9-14(15)23-3)18-10-5-4-7-12(18)16(20)19-17(18)21/h4-12H,1-3H3,(H,19,20,21). The number of fused-ring (bicyclic) bond motifs is 1. The van der Waals surface area contributed by atoms with Crippen LogP contribution in [-0.2, 0) is 9.59 Å². The number of imide groups is 1. The smallest absolute Gasteiger partial charge is 0.241 e. The van der Waals surface area contributed by atoms with E-state index in [1.807, 2.05) is 0 Å². The van der Waals surface area contributed by atoms with Crippen molar-refractivity contribution in [2.45, 2.75) is 13.0 Å². The van der Waals surface area contributed by atoms with Gasteiger partial charge in [-0.2, -0.15) is 0 Å². The number of ether oxygens (including phenoxy) is 3. The summed E-state index contributed by atoms with van der Waals surface area (Å²) in [5, 5.41) is 2.40. The van der Waals surface area contributed by atoms with E-state index < -0.39 is 17.4 Å². The van der Waals surface area contributed by atoms with E-state index in [9.17, 15) is 9.59 Å². The molecule has 24 heavy (non-hydrogen) atoms. The number of methoxy groups -OCH3 is 2. The molecule has 0 aromatic heterocycles. The first-order valence-electron chi connectivity index (χ1n) is 7.63. The minimum absolute atomic E-state index is 0.317. The molecule has 1 aromatic carbocycles. The minimum Gasteiger partial charge on any atom is -0.493 e. The quantitative estimate of drug-likeness (QED) is 0.835. The number of benzene rings is 1. The summed E-state index contributed by atoms with van der Waals surface area (Å²) in [6, 6.07) is 5.28. The van der Waals surface area contributed by atoms with E-state index in [0.717, 1.165) is 0 Å². The molecule has 0 radical (unpaired) electrons. The van der Waals surface area contributed by atoms with Crippen molar-refractivity contribution >= 4 is 11.8 Å². The van der Waals surface area contributed by atoms with Gasteiger partial charge in [0, 0.05) is 0 Å². The van der Waals surface area contributed by atoms with Crippen LogP contribution in [0.5, 0.6) is 17.2 Å². The molecule has 0 saturated carbocycles. The maximum absolute atomic E-state index is 12.5. The Labute approximate surface area is 140 Å². The van der Waals surface area contributed by atoms with E-state index in [0.29, 0.717) is 17.2 Å². The van der Waals surface area contributed by atoms with E-state index in [4.69, 9.17) is 14.2 Å². The third-order valence-corrected chi connectivity index (χ3v) is 4.56. The first-order valence-corrected chi connectivity index (χ1v) is 7.63. The van der Waals surface area contributed by atoms with Gasteiger partial charge in [-0.15, -0.1) is 0 Å². The van der Waals surface area contributed by atoms with Gasteiger partial charge in [0.15, 0.2) is 11.5 Å². The fraction of sp³-hybridized carbons (Fsp3) is 0.333. The predicted octanol–water partition coefficient (Wildman–Crippen LogP) is 1.86. The van der Waals surface area contributed by atoms with Gasteiger partial charge in [-0.3, -0.25) is 14.9 Å². The summed E-state index contributed by atoms with van der Waals surface area (Å²) < 4.78 is 16.7. The Hall–Kier alpha value is -2.76. The number of carbonyl (C=O) groups is 2. The highest BCUT2D eigenvalue weighted by Crippen LogP contribution is 2.45. The third kappa shape index (κ3) is 2.26. The Morgan fingerprint density at radius 2 is 1.79 bits per heavy atom. The molecule has 6 nitrogen and oxygen atoms in total. The average molecular weight is 329 g/mol. The summed E-state index contributed by atoms with van der Waals surface area (Å²) in [6.45, 7) is 1.76. The molecule has 2 amide bonds. The maximum Gasteiger partial charge on any atom is 0.241 e. The van der Waals surface area contributed by atoms with Crippen LogP contribution in [0.4, 0.5) is 0 Å². The Kier molecular flexibility index (Phi) is 4.05. The summed E-state index contributed by atoms with van der Waals surface area (Å²) in [5.74, 6) is 0.120. The lowest BCUT2D eigenvalue weighted by Gasteiger charge is -2.34. The van der Waals surface area contributed by atoms with Crippen LogP contribution < -0.4 is 19.5 Å². The van der Waals surface area contributed by atoms with Gasteiger partial charge >= 0.3 is 0 Å². The summed E-state index contributed by atoms with van der Waals surface area (Å²) >= 11 is 0. The second-order valence-corrected chi connectivity index (χ2v) is 5.72. The highest BCUT2D eigenvalue weighted by atomic mass is 16.5. The molecule has 3 rings (SSSR count). The van der Waals surface area contributed by atoms with Gasteiger partial charge in [0.1, 0.15) is 11.5 Å². The van der Waals surface area contributed by atoms with Gasteiger partial charge in [-0.1, -0.05) is 30.4 Å². The molecule has 0 spiro atoms. The number of amides is 2. The highest BCUT2D eigenvalue weighted by Gasteiger charge is 2.57. The summed E-state index contributed by atoms with van der Waals surface area (Å²) in [5.41, 5.74) is -1.09. The monoisotopic (exact) mass is 329 g/mol. The van der Waals surface area contributed by atoms with Crippen molar-refractivity contribution in [3.8, 4) is 17.2 Å². The van der Waals surface area contributed by atoms with Crippen molar-refractivity contribution in [3.63, 3.8) is 0 Å². The van der Waals surface area contributed by atoms with Crippen molar-refractivity contribution in [1.29, 1.82) is 0 Å². The molecule has 1 aliphatic carbocycles. The topological polar surface area (TPSA) is 73.9 Å². The van der Waals surface area contributed by atoms with Crippen molar-refractivity contribution in [3.05, 3.63) is 42.5 Å². The number of rotatable bonds is 5. The third-order valence-electron chi connectivity index (χ3n) is 4.56. The van der Waals surface area contributed by atoms with Crippen molar-refractivity contribution in [2.75, 3.05) is 14.2 Å². The van der Waals surface area contributed by atoms with Crippen molar-refractivity contribution < 1.29 is 23.8 Å². The fourth-order valence-corrected chi connectivity index (χ4v) is 3.25. The Morgan fingerprint density at radius 3 is 2.42 bits per heavy atom. The maximum atomic E-state index is 12.5. The average Bonchev–Trinajstić information content (AvgIpc) is 2.87. The lowest BCUT2D eigenvalue weighted by molar-refractivity contribution is -0.130. The molecular formula is C18H19NO5. The summed E-state index contributed by atoms with van der Waals surface area (Å²) in [7, 11) is 3.06. The van der Waals surface area contributed by atoms with Gasteiger partial charge in [0.25, 0.3) is 0 Å². The molecule has 126 valence electrons. The van der Waals surface area contributed by atoms with E-state index in [2.05, 4.69) is 5.32 Å². The molecule has 0 bridgehead atoms. The SMILES string of the molecule is COc1cccc(OC)c1OC(C)C12C=CC=CC1C(=O)NC2=O. The molecule has 3 atom stereocenters. The summed E-state index contributed by atoms with van der Waals surface area (Å²) in [4.78, 5) is 24.6. The zero-order valence-electron chi connectivity index (χ0n) is 13.7. The van der Waals surface area contributed by atoms with E-state index in [-0.39, 0.29) is 11.8 Å². The van der Waals surface area contributed by atoms with Crippen LogP contribution in [0.3, 0.4) is 0 Å². The molecule has 1 aromatic rings. The lowest BCUT2D eigenvalue weighted by Crippen LogP contribution is -2.46. The van der Waals surface area contributed by atoms with E-state index in [1.54, 1.807) is 49.4 Å². The second kappa shape index (κ2) is 6.03. The number of hydrogen-bond donors (Lipinski definition) is 1. The first-order chi connectivity index (χ1) is 11.5. The van der Waals surface area contributed by atoms with Gasteiger partial charge in [0.2, 0.25) is 17.6 Å². The Morgan fingerprint density at radius 1 is 1.12 bits per heavy atom. The van der Waals surface area contributed by atoms with Gasteiger partial charge in [-0.25, -0.2) is 0 Å². The van der Waals surface area contributed by atoms with Crippen molar-refractivity contribution in [2.24, 2.45) is 11.3 Å². The molecule has 1 aliphatic heterocycles. The number of hydrogen-bond acceptors (Lipinski definition) is 5. The number of carbonyl (C=O) groups excluding carboxylic acids is 2. The zero-order chi connectivity index (χ0) is 17.3. The van der Waals surface area contributed by atoms with Crippen LogP contribution >= 0.6 is 0 Å². The van der Waals surface area contributed by atoms with Crippen LogP contribution in [0.1, 0.15) is 6.92 Å². The van der Waals surface area contributed by atoms with E-state index in [1.165, 1.54) is 14.2 Å². The normalized spacial score (nSPS) is 25.9. The van der Waals surface area contributed by atoms with Crippen LogP contribution in [0.2, 0.25) is 0 Å². The zero-order valence-corrected chi connectivity index (χ0v) is 13.7. The highest BCUT2D eigenvalue weighted by molar-refractivity contribution is 6.10. The van der Waals surface area contributed by atoms with Crippen LogP contribution in [0.15, 0.2) is 42.5 Å². The fourth-order valence-electron chi connectivity index (χ4n) is 3.25. The van der Waals surface area contributed by atoms with Gasteiger partial charge in [-0.05, 0) is 19.1 Å². The molecule has 3 unspecified atom stereocenters. The Balaban J connectivity index is 2.00. The number of para-hydroxylation sites is 1. The molecule has 1 heterocycles. The number of nitrogens with one attached hydrogen (secondary N) is 1. The first kappa shape index (κ1) is 16.1. The van der Waals surface area contributed by atoms with E-state index >= 15 is 0 Å². The predicted molar refractivity (Wildman–Crippen MR) is 87.0 cm³/mol. The molecule has 1 N–H and O–H groups in total. The van der Waals surface area contributed by atoms with Gasteiger partial charge in [0.05, 0.1) is 20.1 Å². The van der Waals surface area contributed by atoms with Gasteiger partial charge < -0.3 is 14.2 Å². The van der Waals surface area contributed by atoms with Crippen LogP contribution in [-0.4, -0.2) is 32.1 Å². The molecular weight excluding hydrogens is 310 g/mol. The molecule has 6 heteroatoms. The Bertz CT molecular complexity index is 717.